The van der Waals surface area contributed by atoms with Crippen molar-refractivity contribution in [2.75, 3.05) is 37.6 Å². The van der Waals surface area contributed by atoms with Crippen molar-refractivity contribution in [2.24, 2.45) is 0 Å². The number of aliphatic hydroxyl groups excluding tert-OH is 1. The number of imidazole rings is 1. The molecule has 1 aliphatic rings. The Hall–Kier alpha value is -4.79. The minimum Gasteiger partial charge on any atom is -0.507 e. The second-order valence-corrected chi connectivity index (χ2v) is 10.4. The van der Waals surface area contributed by atoms with Crippen LogP contribution in [0.4, 0.5) is 11.6 Å². The maximum atomic E-state index is 13.7. The van der Waals surface area contributed by atoms with E-state index in [0.717, 1.165) is 11.3 Å². The number of nitrogens with zero attached hydrogens (tertiary/aromatic N) is 3. The molecular formula is C32H34N4O5. The topological polar surface area (TPSA) is 108 Å². The molecule has 1 amide bonds. The number of ether oxygens (including phenoxy) is 2. The van der Waals surface area contributed by atoms with Crippen LogP contribution in [0, 0.1) is 0 Å². The molecule has 2 heterocycles. The van der Waals surface area contributed by atoms with Crippen molar-refractivity contribution >= 4 is 40.1 Å². The number of aliphatic hydroxyl groups is 1. The molecule has 0 radical (unpaired) electrons. The number of benzene rings is 3. The molecule has 0 bridgehead atoms. The monoisotopic (exact) mass is 554 g/mol. The highest BCUT2D eigenvalue weighted by atomic mass is 16.5. The van der Waals surface area contributed by atoms with Gasteiger partial charge in [0, 0.05) is 31.4 Å². The fourth-order valence-electron chi connectivity index (χ4n) is 5.13. The minimum atomic E-state index is -0.914. The van der Waals surface area contributed by atoms with Gasteiger partial charge in [0.1, 0.15) is 17.3 Å². The number of carbonyl (C=O) groups excluding carboxylic acids is 2. The number of nitrogens with one attached hydrogen (secondary N) is 1. The molecule has 2 N–H and O–H groups in total. The van der Waals surface area contributed by atoms with Gasteiger partial charge in [-0.05, 0) is 66.4 Å². The number of aromatic amines is 1. The molecule has 4 aromatic rings. The van der Waals surface area contributed by atoms with Crippen LogP contribution in [0.15, 0.2) is 66.2 Å². The van der Waals surface area contributed by atoms with E-state index in [1.54, 1.807) is 37.4 Å². The van der Waals surface area contributed by atoms with Gasteiger partial charge in [-0.3, -0.25) is 14.5 Å². The Kier molecular flexibility index (Phi) is 7.45. The summed E-state index contributed by atoms with van der Waals surface area (Å²) in [7, 11) is 5.43. The lowest BCUT2D eigenvalue weighted by Crippen LogP contribution is -2.30. The van der Waals surface area contributed by atoms with Crippen molar-refractivity contribution in [1.82, 2.24) is 9.97 Å². The lowest BCUT2D eigenvalue weighted by Gasteiger charge is -2.24. The Bertz CT molecular complexity index is 1650. The number of Topliss-reactive ketones (excluding diaryl/α,β-unsaturated/α-hetero) is 1. The molecule has 1 saturated heterocycles. The van der Waals surface area contributed by atoms with Crippen LogP contribution in [-0.4, -0.2) is 54.6 Å². The van der Waals surface area contributed by atoms with Crippen molar-refractivity contribution in [2.45, 2.75) is 32.7 Å². The van der Waals surface area contributed by atoms with Crippen molar-refractivity contribution in [3.05, 3.63) is 82.9 Å². The lowest BCUT2D eigenvalue weighted by atomic mass is 9.93. The van der Waals surface area contributed by atoms with Crippen molar-refractivity contribution in [1.29, 1.82) is 0 Å². The zero-order chi connectivity index (χ0) is 29.4. The van der Waals surface area contributed by atoms with Crippen LogP contribution in [0.5, 0.6) is 11.5 Å². The highest BCUT2D eigenvalue weighted by Gasteiger charge is 2.48. The average Bonchev–Trinajstić information content (AvgIpc) is 3.50. The fourth-order valence-corrected chi connectivity index (χ4v) is 5.13. The Labute approximate surface area is 239 Å². The zero-order valence-corrected chi connectivity index (χ0v) is 24.1. The molecule has 0 spiro atoms. The van der Waals surface area contributed by atoms with E-state index >= 15 is 0 Å². The summed E-state index contributed by atoms with van der Waals surface area (Å²) in [4.78, 5) is 38.4. The van der Waals surface area contributed by atoms with Crippen LogP contribution in [0.1, 0.15) is 49.4 Å². The fraction of sp³-hybridized carbons (Fsp3) is 0.281. The quantitative estimate of drug-likeness (QED) is 0.161. The molecule has 41 heavy (non-hydrogen) atoms. The first-order valence-corrected chi connectivity index (χ1v) is 13.5. The number of anilines is 2. The molecule has 1 aliphatic heterocycles. The number of hydrogen-bond donors (Lipinski definition) is 2. The Morgan fingerprint density at radius 2 is 1.80 bits per heavy atom. The van der Waals surface area contributed by atoms with Gasteiger partial charge < -0.3 is 24.5 Å². The summed E-state index contributed by atoms with van der Waals surface area (Å²) in [6.45, 7) is 6.48. The van der Waals surface area contributed by atoms with E-state index in [9.17, 15) is 14.7 Å². The third-order valence-electron chi connectivity index (χ3n) is 7.28. The Morgan fingerprint density at radius 1 is 1.07 bits per heavy atom. The maximum Gasteiger partial charge on any atom is 0.302 e. The first kappa shape index (κ1) is 27.8. The van der Waals surface area contributed by atoms with E-state index in [0.29, 0.717) is 40.3 Å². The molecule has 9 heteroatoms. The van der Waals surface area contributed by atoms with Crippen molar-refractivity contribution in [3.8, 4) is 11.5 Å². The van der Waals surface area contributed by atoms with E-state index in [2.05, 4.69) is 9.97 Å². The third kappa shape index (κ3) is 4.99. The van der Waals surface area contributed by atoms with E-state index in [1.807, 2.05) is 70.1 Å². The predicted octanol–water partition coefficient (Wildman–Crippen LogP) is 5.79. The molecule has 1 unspecified atom stereocenters. The number of amides is 1. The lowest BCUT2D eigenvalue weighted by molar-refractivity contribution is -0.132. The first-order valence-electron chi connectivity index (χ1n) is 13.5. The molecular weight excluding hydrogens is 520 g/mol. The number of hydrogen-bond acceptors (Lipinski definition) is 7. The highest BCUT2D eigenvalue weighted by molar-refractivity contribution is 6.51. The largest absolute Gasteiger partial charge is 0.507 e. The number of rotatable bonds is 8. The molecule has 1 atom stereocenters. The number of fused-ring (bicyclic) bond motifs is 1. The highest BCUT2D eigenvalue weighted by Crippen LogP contribution is 2.43. The molecule has 1 fully saturated rings. The predicted molar refractivity (Wildman–Crippen MR) is 160 cm³/mol. The third-order valence-corrected chi connectivity index (χ3v) is 7.28. The molecule has 9 nitrogen and oxygen atoms in total. The summed E-state index contributed by atoms with van der Waals surface area (Å²) >= 11 is 0. The molecule has 0 aliphatic carbocycles. The van der Waals surface area contributed by atoms with Crippen LogP contribution in [-0.2, 0) is 9.59 Å². The van der Waals surface area contributed by atoms with Crippen LogP contribution < -0.4 is 19.3 Å². The van der Waals surface area contributed by atoms with Crippen molar-refractivity contribution < 1.29 is 24.2 Å². The summed E-state index contributed by atoms with van der Waals surface area (Å²) in [6.07, 6.45) is 0. The van der Waals surface area contributed by atoms with Crippen LogP contribution in [0.3, 0.4) is 0 Å². The van der Waals surface area contributed by atoms with Crippen LogP contribution >= 0.6 is 0 Å². The summed E-state index contributed by atoms with van der Waals surface area (Å²) in [5.74, 6) is -0.180. The van der Waals surface area contributed by atoms with E-state index in [-0.39, 0.29) is 23.2 Å². The Morgan fingerprint density at radius 3 is 2.44 bits per heavy atom. The number of ketones is 1. The van der Waals surface area contributed by atoms with Gasteiger partial charge in [0.05, 0.1) is 36.4 Å². The van der Waals surface area contributed by atoms with Crippen molar-refractivity contribution in [3.63, 3.8) is 0 Å². The van der Waals surface area contributed by atoms with Gasteiger partial charge in [-0.25, -0.2) is 4.98 Å². The summed E-state index contributed by atoms with van der Waals surface area (Å²) in [5.41, 5.74) is 4.18. The number of H-pyrrole nitrogens is 1. The molecule has 3 aromatic carbocycles. The standard InChI is InChI=1S/C32H34N4O5/c1-7-41-26-15-10-20(16-23(26)18(2)3)29(37)27-28(19-8-11-21(12-9-19)35(4)5)36(31(39)30(27)38)32-33-24-14-13-22(40-6)17-25(24)34-32/h8-18,28,37H,7H2,1-6H3,(H,33,34)/b29-27+. The minimum absolute atomic E-state index is 0.00972. The average molecular weight is 555 g/mol. The van der Waals surface area contributed by atoms with Gasteiger partial charge in [-0.2, -0.15) is 0 Å². The summed E-state index contributed by atoms with van der Waals surface area (Å²) < 4.78 is 11.1. The molecule has 0 saturated carbocycles. The van der Waals surface area contributed by atoms with Gasteiger partial charge in [-0.15, -0.1) is 0 Å². The van der Waals surface area contributed by atoms with Gasteiger partial charge in [-0.1, -0.05) is 26.0 Å². The molecule has 1 aromatic heterocycles. The molecule has 212 valence electrons. The van der Waals surface area contributed by atoms with Crippen LogP contribution in [0.25, 0.3) is 16.8 Å². The van der Waals surface area contributed by atoms with E-state index in [4.69, 9.17) is 9.47 Å². The molecule has 5 rings (SSSR count). The summed E-state index contributed by atoms with van der Waals surface area (Å²) in [5, 5.41) is 11.7. The zero-order valence-electron chi connectivity index (χ0n) is 24.1. The second-order valence-electron chi connectivity index (χ2n) is 10.4. The van der Waals surface area contributed by atoms with Gasteiger partial charge >= 0.3 is 5.91 Å². The van der Waals surface area contributed by atoms with Crippen LogP contribution in [0.2, 0.25) is 0 Å². The first-order chi connectivity index (χ1) is 19.6. The van der Waals surface area contributed by atoms with Gasteiger partial charge in [0.15, 0.2) is 0 Å². The number of carbonyl (C=O) groups is 2. The number of methoxy groups -OCH3 is 1. The smallest absolute Gasteiger partial charge is 0.302 e. The normalized spacial score (nSPS) is 16.6. The van der Waals surface area contributed by atoms with Gasteiger partial charge in [0.2, 0.25) is 5.95 Å². The SMILES string of the molecule is CCOc1ccc(/C(O)=C2\C(=O)C(=O)N(c3nc4ccc(OC)cc4[nH]3)C2c2ccc(N(C)C)cc2)cc1C(C)C. The maximum absolute atomic E-state index is 13.7. The van der Waals surface area contributed by atoms with E-state index in [1.165, 1.54) is 4.90 Å². The van der Waals surface area contributed by atoms with E-state index < -0.39 is 17.7 Å². The second kappa shape index (κ2) is 11.0. The Balaban J connectivity index is 1.70. The summed E-state index contributed by atoms with van der Waals surface area (Å²) in [6, 6.07) is 17.3. The number of aromatic nitrogens is 2. The van der Waals surface area contributed by atoms with Gasteiger partial charge in [0.25, 0.3) is 5.78 Å².